The highest BCUT2D eigenvalue weighted by molar-refractivity contribution is 7.92. The Balaban J connectivity index is 1.47. The number of hydrogen-bond donors (Lipinski definition) is 2. The number of aromatic nitrogens is 4. The highest BCUT2D eigenvalue weighted by Gasteiger charge is 2.14. The number of hydrogen-bond acceptors (Lipinski definition) is 6. The molecule has 0 fully saturated rings. The molecule has 1 amide bonds. The summed E-state index contributed by atoms with van der Waals surface area (Å²) < 4.78 is 29.5. The molecule has 2 heterocycles. The van der Waals surface area contributed by atoms with Gasteiger partial charge in [-0.05, 0) is 55.0 Å². The number of nitrogens with one attached hydrogen (secondary N) is 2. The Kier molecular flexibility index (Phi) is 5.63. The van der Waals surface area contributed by atoms with Gasteiger partial charge in [0.15, 0.2) is 5.65 Å². The van der Waals surface area contributed by atoms with Crippen LogP contribution in [0.1, 0.15) is 19.8 Å². The lowest BCUT2D eigenvalue weighted by atomic mass is 10.1. The number of nitrogens with zero attached hydrogens (tertiary/aromatic N) is 4. The second-order valence-corrected chi connectivity index (χ2v) is 8.54. The first-order chi connectivity index (χ1) is 14.9. The largest absolute Gasteiger partial charge is 0.326 e. The van der Waals surface area contributed by atoms with Crippen molar-refractivity contribution in [2.75, 3.05) is 10.0 Å². The quantitative estimate of drug-likeness (QED) is 0.459. The van der Waals surface area contributed by atoms with Crippen LogP contribution in [0.15, 0.2) is 71.9 Å². The van der Waals surface area contributed by atoms with Crippen molar-refractivity contribution in [3.8, 4) is 11.3 Å². The molecule has 0 saturated carbocycles. The predicted molar refractivity (Wildman–Crippen MR) is 117 cm³/mol. The minimum Gasteiger partial charge on any atom is -0.326 e. The fourth-order valence-corrected chi connectivity index (χ4v) is 4.03. The van der Waals surface area contributed by atoms with Gasteiger partial charge in [-0.25, -0.2) is 8.42 Å². The third-order valence-corrected chi connectivity index (χ3v) is 5.92. The van der Waals surface area contributed by atoms with Crippen molar-refractivity contribution in [3.05, 3.63) is 67.0 Å². The van der Waals surface area contributed by atoms with Gasteiger partial charge in [-0.3, -0.25) is 9.52 Å². The molecule has 0 aliphatic rings. The maximum absolute atomic E-state index is 12.7. The molecule has 9 nitrogen and oxygen atoms in total. The summed E-state index contributed by atoms with van der Waals surface area (Å²) in [6.07, 6.45) is 2.68. The number of carbonyl (C=O) groups excluding carboxylic acids is 1. The van der Waals surface area contributed by atoms with Gasteiger partial charge in [0.2, 0.25) is 5.91 Å². The number of sulfonamides is 1. The van der Waals surface area contributed by atoms with E-state index in [2.05, 4.69) is 25.3 Å². The maximum atomic E-state index is 12.7. The van der Waals surface area contributed by atoms with Crippen LogP contribution in [0.3, 0.4) is 0 Å². The van der Waals surface area contributed by atoms with E-state index in [-0.39, 0.29) is 10.8 Å². The molecular formula is C21H20N6O3S. The van der Waals surface area contributed by atoms with Crippen molar-refractivity contribution in [1.29, 1.82) is 0 Å². The second-order valence-electron chi connectivity index (χ2n) is 6.86. The fourth-order valence-electron chi connectivity index (χ4n) is 2.97. The zero-order valence-corrected chi connectivity index (χ0v) is 17.5. The number of anilines is 2. The van der Waals surface area contributed by atoms with Crippen LogP contribution in [0, 0.1) is 0 Å². The minimum atomic E-state index is -3.77. The molecule has 2 aromatic carbocycles. The Morgan fingerprint density at radius 3 is 2.39 bits per heavy atom. The third-order valence-electron chi connectivity index (χ3n) is 4.52. The summed E-state index contributed by atoms with van der Waals surface area (Å²) in [6.45, 7) is 1.92. The number of carbonyl (C=O) groups is 1. The highest BCUT2D eigenvalue weighted by Crippen LogP contribution is 2.22. The van der Waals surface area contributed by atoms with E-state index in [4.69, 9.17) is 0 Å². The zero-order chi connectivity index (χ0) is 21.8. The summed E-state index contributed by atoms with van der Waals surface area (Å²) in [5.74, 6) is -0.103. The molecule has 0 aliphatic carbocycles. The average molecular weight is 436 g/mol. The van der Waals surface area contributed by atoms with E-state index >= 15 is 0 Å². The first kappa shape index (κ1) is 20.5. The van der Waals surface area contributed by atoms with Crippen LogP contribution < -0.4 is 10.0 Å². The van der Waals surface area contributed by atoms with Crippen molar-refractivity contribution in [3.63, 3.8) is 0 Å². The molecule has 0 radical (unpaired) electrons. The molecule has 158 valence electrons. The van der Waals surface area contributed by atoms with Crippen LogP contribution in [-0.4, -0.2) is 34.1 Å². The smallest absolute Gasteiger partial charge is 0.261 e. The second kappa shape index (κ2) is 8.52. The Labute approximate surface area is 179 Å². The Bertz CT molecular complexity index is 1320. The van der Waals surface area contributed by atoms with Crippen LogP contribution in [0.2, 0.25) is 0 Å². The normalized spacial score (nSPS) is 11.4. The van der Waals surface area contributed by atoms with Crippen molar-refractivity contribution < 1.29 is 13.2 Å². The SMILES string of the molecule is CCCC(=O)Nc1ccc(S(=O)(=O)Nc2ccc(-c3ccc4nncn4n3)cc2)cc1. The third kappa shape index (κ3) is 4.69. The Morgan fingerprint density at radius 1 is 0.968 bits per heavy atom. The van der Waals surface area contributed by atoms with E-state index in [1.807, 2.05) is 13.0 Å². The van der Waals surface area contributed by atoms with Gasteiger partial charge in [-0.1, -0.05) is 19.1 Å². The summed E-state index contributed by atoms with van der Waals surface area (Å²) in [5, 5.41) is 14.9. The molecule has 0 spiro atoms. The number of benzene rings is 2. The van der Waals surface area contributed by atoms with Crippen molar-refractivity contribution >= 4 is 33.0 Å². The summed E-state index contributed by atoms with van der Waals surface area (Å²) in [5.41, 5.74) is 3.16. The summed E-state index contributed by atoms with van der Waals surface area (Å²) in [4.78, 5) is 11.8. The first-order valence-corrected chi connectivity index (χ1v) is 11.1. The van der Waals surface area contributed by atoms with Crippen LogP contribution in [0.25, 0.3) is 16.9 Å². The van der Waals surface area contributed by atoms with Crippen LogP contribution in [-0.2, 0) is 14.8 Å². The molecule has 4 aromatic rings. The molecule has 2 N–H and O–H groups in total. The topological polar surface area (TPSA) is 118 Å². The number of fused-ring (bicyclic) bond motifs is 1. The standard InChI is InChI=1S/C21H20N6O3S/c1-2-3-21(28)23-16-8-10-18(11-9-16)31(29,30)26-17-6-4-15(5-7-17)19-12-13-20-24-22-14-27(20)25-19/h4-14,26H,2-3H2,1H3,(H,23,28). The Morgan fingerprint density at radius 2 is 1.68 bits per heavy atom. The number of amides is 1. The predicted octanol–water partition coefficient (Wildman–Crippen LogP) is 3.33. The highest BCUT2D eigenvalue weighted by atomic mass is 32.2. The van der Waals surface area contributed by atoms with Gasteiger partial charge in [-0.2, -0.15) is 9.61 Å². The molecule has 0 saturated heterocycles. The fraction of sp³-hybridized carbons (Fsp3) is 0.143. The van der Waals surface area contributed by atoms with E-state index in [9.17, 15) is 13.2 Å². The zero-order valence-electron chi connectivity index (χ0n) is 16.7. The van der Waals surface area contributed by atoms with E-state index < -0.39 is 10.0 Å². The van der Waals surface area contributed by atoms with Gasteiger partial charge in [0.05, 0.1) is 10.6 Å². The van der Waals surface area contributed by atoms with Gasteiger partial charge >= 0.3 is 0 Å². The molecule has 10 heteroatoms. The molecule has 0 bridgehead atoms. The molecule has 0 atom stereocenters. The Hall–Kier alpha value is -3.79. The van der Waals surface area contributed by atoms with Gasteiger partial charge in [0, 0.05) is 23.4 Å². The molecule has 2 aromatic heterocycles. The molecular weight excluding hydrogens is 416 g/mol. The van der Waals surface area contributed by atoms with Crippen LogP contribution in [0.5, 0.6) is 0 Å². The average Bonchev–Trinajstić information content (AvgIpc) is 3.22. The number of rotatable bonds is 7. The summed E-state index contributed by atoms with van der Waals surface area (Å²) in [7, 11) is -3.77. The van der Waals surface area contributed by atoms with Crippen LogP contribution >= 0.6 is 0 Å². The summed E-state index contributed by atoms with van der Waals surface area (Å²) in [6, 6.07) is 16.6. The monoisotopic (exact) mass is 436 g/mol. The van der Waals surface area contributed by atoms with Gasteiger partial charge in [0.25, 0.3) is 10.0 Å². The molecule has 0 aliphatic heterocycles. The van der Waals surface area contributed by atoms with Gasteiger partial charge in [-0.15, -0.1) is 10.2 Å². The van der Waals surface area contributed by atoms with Crippen molar-refractivity contribution in [2.24, 2.45) is 0 Å². The van der Waals surface area contributed by atoms with E-state index in [0.717, 1.165) is 12.0 Å². The molecule has 4 rings (SSSR count). The van der Waals surface area contributed by atoms with E-state index in [1.165, 1.54) is 18.5 Å². The lowest BCUT2D eigenvalue weighted by Gasteiger charge is -2.10. The van der Waals surface area contributed by atoms with E-state index in [1.54, 1.807) is 47.0 Å². The van der Waals surface area contributed by atoms with Gasteiger partial charge < -0.3 is 5.32 Å². The van der Waals surface area contributed by atoms with Crippen molar-refractivity contribution in [2.45, 2.75) is 24.7 Å². The van der Waals surface area contributed by atoms with Gasteiger partial charge in [0.1, 0.15) is 6.33 Å². The minimum absolute atomic E-state index is 0.102. The first-order valence-electron chi connectivity index (χ1n) is 9.65. The van der Waals surface area contributed by atoms with E-state index in [0.29, 0.717) is 29.1 Å². The van der Waals surface area contributed by atoms with Crippen molar-refractivity contribution in [1.82, 2.24) is 19.8 Å². The van der Waals surface area contributed by atoms with Crippen LogP contribution in [0.4, 0.5) is 11.4 Å². The summed E-state index contributed by atoms with van der Waals surface area (Å²) >= 11 is 0. The lowest BCUT2D eigenvalue weighted by Crippen LogP contribution is -2.14. The lowest BCUT2D eigenvalue weighted by molar-refractivity contribution is -0.116. The molecule has 31 heavy (non-hydrogen) atoms. The maximum Gasteiger partial charge on any atom is 0.261 e. The molecule has 0 unspecified atom stereocenters.